The lowest BCUT2D eigenvalue weighted by Gasteiger charge is -2.37. The van der Waals surface area contributed by atoms with Crippen molar-refractivity contribution in [3.63, 3.8) is 0 Å². The Bertz CT molecular complexity index is 308. The minimum Gasteiger partial charge on any atom is -0.469 e. The predicted molar refractivity (Wildman–Crippen MR) is 49.1 cm³/mol. The van der Waals surface area contributed by atoms with E-state index in [1.807, 2.05) is 6.07 Å². The number of hydrogen-bond donors (Lipinski definition) is 2. The summed E-state index contributed by atoms with van der Waals surface area (Å²) in [4.78, 5) is 0. The zero-order valence-electron chi connectivity index (χ0n) is 7.79. The third-order valence-corrected chi connectivity index (χ3v) is 3.19. The molecule has 0 bridgehead atoms. The van der Waals surface area contributed by atoms with Gasteiger partial charge in [-0.1, -0.05) is 6.92 Å². The second-order valence-electron chi connectivity index (χ2n) is 3.90. The third-order valence-electron chi connectivity index (χ3n) is 3.19. The zero-order chi connectivity index (χ0) is 9.47. The Kier molecular flexibility index (Phi) is 1.93. The number of aliphatic hydroxyl groups is 1. The van der Waals surface area contributed by atoms with Crippen molar-refractivity contribution in [1.82, 2.24) is 0 Å². The predicted octanol–water partition coefficient (Wildman–Crippen LogP) is 1.01. The summed E-state index contributed by atoms with van der Waals surface area (Å²) in [6, 6.07) is 1.88. The molecule has 0 fully saturated rings. The van der Waals surface area contributed by atoms with E-state index in [1.165, 1.54) is 0 Å². The monoisotopic (exact) mass is 181 g/mol. The molecule has 0 saturated heterocycles. The maximum atomic E-state index is 9.32. The molecule has 2 unspecified atom stereocenters. The second kappa shape index (κ2) is 2.86. The van der Waals surface area contributed by atoms with Gasteiger partial charge in [-0.05, 0) is 18.4 Å². The van der Waals surface area contributed by atoms with Crippen molar-refractivity contribution in [3.05, 3.63) is 23.7 Å². The Labute approximate surface area is 77.5 Å². The number of aliphatic hydroxyl groups excluding tert-OH is 1. The highest BCUT2D eigenvalue weighted by Gasteiger charge is 2.39. The highest BCUT2D eigenvalue weighted by molar-refractivity contribution is 5.30. The summed E-state index contributed by atoms with van der Waals surface area (Å²) in [6.45, 7) is 2.06. The number of aryl methyl sites for hydroxylation is 1. The molecule has 3 heteroatoms. The minimum atomic E-state index is -0.597. The number of hydrogen-bond acceptors (Lipinski definition) is 3. The Balaban J connectivity index is 2.47. The van der Waals surface area contributed by atoms with E-state index < -0.39 is 5.54 Å². The lowest BCUT2D eigenvalue weighted by atomic mass is 9.73. The van der Waals surface area contributed by atoms with Gasteiger partial charge in [0.05, 0.1) is 18.4 Å². The summed E-state index contributed by atoms with van der Waals surface area (Å²) < 4.78 is 5.31. The number of fused-ring (bicyclic) bond motifs is 1. The third kappa shape index (κ3) is 1.11. The van der Waals surface area contributed by atoms with E-state index in [0.717, 1.165) is 24.2 Å². The van der Waals surface area contributed by atoms with Crippen LogP contribution in [-0.2, 0) is 12.0 Å². The fourth-order valence-corrected chi connectivity index (χ4v) is 2.06. The molecule has 1 aliphatic carbocycles. The normalized spacial score (nSPS) is 33.0. The van der Waals surface area contributed by atoms with Crippen molar-refractivity contribution in [1.29, 1.82) is 0 Å². The topological polar surface area (TPSA) is 59.4 Å². The quantitative estimate of drug-likeness (QED) is 0.679. The smallest absolute Gasteiger partial charge is 0.108 e. The van der Waals surface area contributed by atoms with Gasteiger partial charge < -0.3 is 15.3 Å². The summed E-state index contributed by atoms with van der Waals surface area (Å²) in [5.74, 6) is 1.25. The molecule has 1 aromatic heterocycles. The maximum absolute atomic E-state index is 9.32. The first-order chi connectivity index (χ1) is 6.18. The minimum absolute atomic E-state index is 0.0132. The van der Waals surface area contributed by atoms with Gasteiger partial charge in [0.2, 0.25) is 0 Å². The molecule has 0 aromatic carbocycles. The van der Waals surface area contributed by atoms with Gasteiger partial charge in [0, 0.05) is 12.0 Å². The first-order valence-electron chi connectivity index (χ1n) is 4.65. The van der Waals surface area contributed by atoms with Gasteiger partial charge >= 0.3 is 0 Å². The van der Waals surface area contributed by atoms with E-state index in [-0.39, 0.29) is 6.61 Å². The van der Waals surface area contributed by atoms with Crippen LogP contribution in [0.4, 0.5) is 0 Å². The first kappa shape index (κ1) is 8.78. The van der Waals surface area contributed by atoms with E-state index in [9.17, 15) is 5.11 Å². The van der Waals surface area contributed by atoms with Crippen LogP contribution in [0.3, 0.4) is 0 Å². The van der Waals surface area contributed by atoms with E-state index >= 15 is 0 Å². The first-order valence-corrected chi connectivity index (χ1v) is 4.65. The summed E-state index contributed by atoms with van der Waals surface area (Å²) >= 11 is 0. The van der Waals surface area contributed by atoms with Crippen LogP contribution in [0, 0.1) is 5.92 Å². The van der Waals surface area contributed by atoms with Crippen molar-refractivity contribution < 1.29 is 9.52 Å². The Hall–Kier alpha value is -0.800. The van der Waals surface area contributed by atoms with Crippen LogP contribution in [0.5, 0.6) is 0 Å². The van der Waals surface area contributed by atoms with E-state index in [1.54, 1.807) is 6.26 Å². The molecule has 3 N–H and O–H groups in total. The molecule has 1 aromatic rings. The van der Waals surface area contributed by atoms with Crippen molar-refractivity contribution >= 4 is 0 Å². The lowest BCUT2D eigenvalue weighted by Crippen LogP contribution is -2.48. The lowest BCUT2D eigenvalue weighted by molar-refractivity contribution is 0.129. The van der Waals surface area contributed by atoms with Gasteiger partial charge in [-0.25, -0.2) is 0 Å². The Morgan fingerprint density at radius 3 is 3.23 bits per heavy atom. The standard InChI is InChI=1S/C10H15NO2/c1-7-2-3-9-8(4-5-13-9)10(7,11)6-12/h4-5,7,12H,2-3,6,11H2,1H3. The molecule has 2 atom stereocenters. The van der Waals surface area contributed by atoms with Crippen molar-refractivity contribution in [2.75, 3.05) is 6.61 Å². The molecule has 72 valence electrons. The molecule has 0 radical (unpaired) electrons. The van der Waals surface area contributed by atoms with Gasteiger partial charge in [0.25, 0.3) is 0 Å². The average Bonchev–Trinajstić information content (AvgIpc) is 2.60. The maximum Gasteiger partial charge on any atom is 0.108 e. The number of nitrogens with two attached hydrogens (primary N) is 1. The van der Waals surface area contributed by atoms with Crippen molar-refractivity contribution in [3.8, 4) is 0 Å². The van der Waals surface area contributed by atoms with Gasteiger partial charge in [-0.15, -0.1) is 0 Å². The number of furan rings is 1. The molecule has 1 heterocycles. The number of rotatable bonds is 1. The van der Waals surface area contributed by atoms with Crippen LogP contribution in [0.1, 0.15) is 24.7 Å². The molecular formula is C10H15NO2. The van der Waals surface area contributed by atoms with Gasteiger partial charge in [-0.2, -0.15) is 0 Å². The summed E-state index contributed by atoms with van der Waals surface area (Å²) in [7, 11) is 0. The summed E-state index contributed by atoms with van der Waals surface area (Å²) in [5, 5.41) is 9.32. The molecule has 1 aliphatic rings. The molecule has 0 saturated carbocycles. The Morgan fingerprint density at radius 1 is 1.77 bits per heavy atom. The molecule has 2 rings (SSSR count). The Morgan fingerprint density at radius 2 is 2.54 bits per heavy atom. The fourth-order valence-electron chi connectivity index (χ4n) is 2.06. The van der Waals surface area contributed by atoms with Crippen LogP contribution in [0.2, 0.25) is 0 Å². The van der Waals surface area contributed by atoms with Crippen LogP contribution in [0.25, 0.3) is 0 Å². The van der Waals surface area contributed by atoms with Crippen LogP contribution >= 0.6 is 0 Å². The largest absolute Gasteiger partial charge is 0.469 e. The van der Waals surface area contributed by atoms with Crippen molar-refractivity contribution in [2.45, 2.75) is 25.3 Å². The van der Waals surface area contributed by atoms with E-state index in [0.29, 0.717) is 5.92 Å². The van der Waals surface area contributed by atoms with Crippen LogP contribution in [-0.4, -0.2) is 11.7 Å². The van der Waals surface area contributed by atoms with Crippen LogP contribution < -0.4 is 5.73 Å². The fraction of sp³-hybridized carbons (Fsp3) is 0.600. The molecule has 13 heavy (non-hydrogen) atoms. The zero-order valence-corrected chi connectivity index (χ0v) is 7.79. The van der Waals surface area contributed by atoms with Gasteiger partial charge in [-0.3, -0.25) is 0 Å². The van der Waals surface area contributed by atoms with Crippen molar-refractivity contribution in [2.24, 2.45) is 11.7 Å². The van der Waals surface area contributed by atoms with Gasteiger partial charge in [0.15, 0.2) is 0 Å². The van der Waals surface area contributed by atoms with E-state index in [2.05, 4.69) is 6.92 Å². The summed E-state index contributed by atoms with van der Waals surface area (Å²) in [6.07, 6.45) is 3.57. The van der Waals surface area contributed by atoms with Crippen LogP contribution in [0.15, 0.2) is 16.7 Å². The molecular weight excluding hydrogens is 166 g/mol. The van der Waals surface area contributed by atoms with Gasteiger partial charge in [0.1, 0.15) is 5.76 Å². The average molecular weight is 181 g/mol. The molecule has 0 aliphatic heterocycles. The molecule has 3 nitrogen and oxygen atoms in total. The highest BCUT2D eigenvalue weighted by atomic mass is 16.3. The summed E-state index contributed by atoms with van der Waals surface area (Å²) in [5.41, 5.74) is 6.53. The van der Waals surface area contributed by atoms with E-state index in [4.69, 9.17) is 10.2 Å². The molecule has 0 amide bonds. The highest BCUT2D eigenvalue weighted by Crippen LogP contribution is 2.37. The molecule has 0 spiro atoms. The SMILES string of the molecule is CC1CCc2occc2C1(N)CO. The second-order valence-corrected chi connectivity index (χ2v) is 3.90.